The molecule has 2 rings (SSSR count). The van der Waals surface area contributed by atoms with Gasteiger partial charge < -0.3 is 14.5 Å². The summed E-state index contributed by atoms with van der Waals surface area (Å²) in [7, 11) is 2.12. The highest BCUT2D eigenvalue weighted by atomic mass is 35.5. The molecule has 1 aromatic rings. The second-order valence-corrected chi connectivity index (χ2v) is 5.18. The minimum Gasteiger partial charge on any atom is -0.461 e. The van der Waals surface area contributed by atoms with Crippen molar-refractivity contribution < 1.29 is 4.74 Å². The number of rotatable bonds is 3. The minimum absolute atomic E-state index is 0.0452. The van der Waals surface area contributed by atoms with Gasteiger partial charge in [0.2, 0.25) is 0 Å². The predicted octanol–water partition coefficient (Wildman–Crippen LogP) is 1.67. The van der Waals surface area contributed by atoms with Crippen LogP contribution >= 0.6 is 11.6 Å². The summed E-state index contributed by atoms with van der Waals surface area (Å²) in [4.78, 5) is 13.0. The van der Waals surface area contributed by atoms with Gasteiger partial charge in [0.15, 0.2) is 0 Å². The first-order chi connectivity index (χ1) is 8.54. The van der Waals surface area contributed by atoms with E-state index in [0.29, 0.717) is 11.2 Å². The van der Waals surface area contributed by atoms with E-state index in [-0.39, 0.29) is 6.10 Å². The van der Waals surface area contributed by atoms with Crippen molar-refractivity contribution in [1.82, 2.24) is 14.9 Å². The van der Waals surface area contributed by atoms with Gasteiger partial charge in [-0.15, -0.1) is 0 Å². The molecule has 1 fully saturated rings. The smallest absolute Gasteiger partial charge is 0.320 e. The number of likely N-dealkylation sites (N-methyl/N-ethyl adjacent to an activating group) is 1. The van der Waals surface area contributed by atoms with E-state index in [1.165, 1.54) is 0 Å². The highest BCUT2D eigenvalue weighted by Crippen LogP contribution is 2.21. The van der Waals surface area contributed by atoms with Crippen LogP contribution in [0.5, 0.6) is 6.01 Å². The van der Waals surface area contributed by atoms with Crippen LogP contribution in [0.3, 0.4) is 0 Å². The zero-order chi connectivity index (χ0) is 13.1. The summed E-state index contributed by atoms with van der Waals surface area (Å²) < 4.78 is 5.50. The number of nitrogens with zero attached hydrogens (tertiary/aromatic N) is 4. The lowest BCUT2D eigenvalue weighted by molar-refractivity contribution is 0.222. The average molecular weight is 271 g/mol. The Balaban J connectivity index is 2.14. The maximum atomic E-state index is 6.01. The fourth-order valence-corrected chi connectivity index (χ4v) is 2.02. The number of halogens is 1. The molecular weight excluding hydrogens is 252 g/mol. The van der Waals surface area contributed by atoms with Crippen molar-refractivity contribution in [2.24, 2.45) is 0 Å². The molecular formula is C12H19ClN4O. The first-order valence-corrected chi connectivity index (χ1v) is 6.57. The molecule has 18 heavy (non-hydrogen) atoms. The van der Waals surface area contributed by atoms with Crippen molar-refractivity contribution in [1.29, 1.82) is 0 Å². The molecule has 0 amide bonds. The Labute approximate surface area is 113 Å². The van der Waals surface area contributed by atoms with Crippen LogP contribution < -0.4 is 9.64 Å². The Morgan fingerprint density at radius 3 is 2.50 bits per heavy atom. The second kappa shape index (κ2) is 5.71. The maximum absolute atomic E-state index is 6.01. The van der Waals surface area contributed by atoms with Crippen LogP contribution in [0.1, 0.15) is 13.8 Å². The minimum atomic E-state index is 0.0452. The van der Waals surface area contributed by atoms with Gasteiger partial charge in [0, 0.05) is 32.2 Å². The van der Waals surface area contributed by atoms with E-state index in [1.54, 1.807) is 6.07 Å². The number of anilines is 1. The van der Waals surface area contributed by atoms with E-state index in [1.807, 2.05) is 13.8 Å². The van der Waals surface area contributed by atoms with E-state index in [9.17, 15) is 0 Å². The number of aromatic nitrogens is 2. The molecule has 1 aliphatic heterocycles. The number of hydrogen-bond donors (Lipinski definition) is 0. The van der Waals surface area contributed by atoms with Crippen LogP contribution in [0.4, 0.5) is 5.82 Å². The first kappa shape index (κ1) is 13.4. The van der Waals surface area contributed by atoms with Crippen molar-refractivity contribution in [3.63, 3.8) is 0 Å². The fourth-order valence-electron chi connectivity index (χ4n) is 1.85. The summed E-state index contributed by atoms with van der Waals surface area (Å²) in [5.41, 5.74) is 0. The van der Waals surface area contributed by atoms with Gasteiger partial charge in [-0.3, -0.25) is 0 Å². The molecule has 0 N–H and O–H groups in total. The number of ether oxygens (including phenoxy) is 1. The summed E-state index contributed by atoms with van der Waals surface area (Å²) >= 11 is 6.01. The molecule has 0 spiro atoms. The Hall–Kier alpha value is -1.07. The second-order valence-electron chi connectivity index (χ2n) is 4.79. The van der Waals surface area contributed by atoms with Crippen molar-refractivity contribution in [3.8, 4) is 6.01 Å². The Morgan fingerprint density at radius 2 is 1.89 bits per heavy atom. The standard InChI is InChI=1S/C12H19ClN4O/c1-9(2)18-12-14-10(13)8-11(15-12)17-6-4-16(3)5-7-17/h8-9H,4-7H2,1-3H3. The van der Waals surface area contributed by atoms with Crippen molar-refractivity contribution >= 4 is 17.4 Å². The van der Waals surface area contributed by atoms with Crippen molar-refractivity contribution in [2.75, 3.05) is 38.1 Å². The zero-order valence-electron chi connectivity index (χ0n) is 11.1. The predicted molar refractivity (Wildman–Crippen MR) is 72.5 cm³/mol. The molecule has 5 nitrogen and oxygen atoms in total. The van der Waals surface area contributed by atoms with Crippen LogP contribution in [0.2, 0.25) is 5.15 Å². The molecule has 1 aromatic heterocycles. The highest BCUT2D eigenvalue weighted by Gasteiger charge is 2.17. The van der Waals surface area contributed by atoms with Crippen LogP contribution in [0, 0.1) is 0 Å². The monoisotopic (exact) mass is 270 g/mol. The van der Waals surface area contributed by atoms with Crippen LogP contribution in [-0.4, -0.2) is 54.2 Å². The van der Waals surface area contributed by atoms with Crippen molar-refractivity contribution in [3.05, 3.63) is 11.2 Å². The molecule has 0 aromatic carbocycles. The summed E-state index contributed by atoms with van der Waals surface area (Å²) in [6, 6.07) is 2.14. The topological polar surface area (TPSA) is 41.5 Å². The van der Waals surface area contributed by atoms with E-state index in [0.717, 1.165) is 32.0 Å². The molecule has 0 unspecified atom stereocenters. The van der Waals surface area contributed by atoms with E-state index >= 15 is 0 Å². The lowest BCUT2D eigenvalue weighted by Gasteiger charge is -2.33. The molecule has 2 heterocycles. The summed E-state index contributed by atoms with van der Waals surface area (Å²) in [6.45, 7) is 7.85. The Morgan fingerprint density at radius 1 is 1.22 bits per heavy atom. The molecule has 0 bridgehead atoms. The summed E-state index contributed by atoms with van der Waals surface area (Å²) in [5.74, 6) is 0.846. The van der Waals surface area contributed by atoms with E-state index in [2.05, 4.69) is 26.8 Å². The average Bonchev–Trinajstić information content (AvgIpc) is 2.28. The third kappa shape index (κ3) is 3.46. The molecule has 0 radical (unpaired) electrons. The lowest BCUT2D eigenvalue weighted by atomic mass is 10.3. The van der Waals surface area contributed by atoms with Crippen LogP contribution in [0.15, 0.2) is 6.07 Å². The van der Waals surface area contributed by atoms with Gasteiger partial charge in [0.1, 0.15) is 11.0 Å². The largest absolute Gasteiger partial charge is 0.461 e. The first-order valence-electron chi connectivity index (χ1n) is 6.19. The third-order valence-electron chi connectivity index (χ3n) is 2.83. The van der Waals surface area contributed by atoms with Gasteiger partial charge in [-0.05, 0) is 20.9 Å². The quantitative estimate of drug-likeness (QED) is 0.782. The van der Waals surface area contributed by atoms with E-state index < -0.39 is 0 Å². The summed E-state index contributed by atoms with van der Waals surface area (Å²) in [6.07, 6.45) is 0.0452. The van der Waals surface area contributed by atoms with Gasteiger partial charge in [-0.2, -0.15) is 9.97 Å². The van der Waals surface area contributed by atoms with Crippen LogP contribution in [-0.2, 0) is 0 Å². The molecule has 100 valence electrons. The molecule has 0 aliphatic carbocycles. The lowest BCUT2D eigenvalue weighted by Crippen LogP contribution is -2.44. The maximum Gasteiger partial charge on any atom is 0.320 e. The van der Waals surface area contributed by atoms with Crippen LogP contribution in [0.25, 0.3) is 0 Å². The fraction of sp³-hybridized carbons (Fsp3) is 0.667. The summed E-state index contributed by atoms with van der Waals surface area (Å²) in [5, 5.41) is 0.426. The molecule has 1 aliphatic rings. The van der Waals surface area contributed by atoms with Gasteiger partial charge in [0.05, 0.1) is 6.10 Å². The molecule has 6 heteroatoms. The van der Waals surface area contributed by atoms with E-state index in [4.69, 9.17) is 16.3 Å². The Bertz CT molecular complexity index is 405. The zero-order valence-corrected chi connectivity index (χ0v) is 11.8. The van der Waals surface area contributed by atoms with Gasteiger partial charge in [-0.25, -0.2) is 0 Å². The molecule has 1 saturated heterocycles. The number of piperazine rings is 1. The molecule has 0 atom stereocenters. The number of hydrogen-bond acceptors (Lipinski definition) is 5. The highest BCUT2D eigenvalue weighted by molar-refractivity contribution is 6.29. The van der Waals surface area contributed by atoms with Gasteiger partial charge >= 0.3 is 6.01 Å². The third-order valence-corrected chi connectivity index (χ3v) is 3.02. The van der Waals surface area contributed by atoms with Gasteiger partial charge in [-0.1, -0.05) is 11.6 Å². The van der Waals surface area contributed by atoms with Crippen molar-refractivity contribution in [2.45, 2.75) is 20.0 Å². The SMILES string of the molecule is CC(C)Oc1nc(Cl)cc(N2CCN(C)CC2)n1. The molecule has 0 saturated carbocycles. The van der Waals surface area contributed by atoms with Gasteiger partial charge in [0.25, 0.3) is 0 Å². The Kier molecular flexibility index (Phi) is 4.24. The normalized spacial score (nSPS) is 17.3.